The van der Waals surface area contributed by atoms with Crippen LogP contribution in [0, 0.1) is 6.92 Å². The average molecular weight is 422 g/mol. The Morgan fingerprint density at radius 3 is 2.58 bits per heavy atom. The van der Waals surface area contributed by atoms with E-state index in [0.717, 1.165) is 35.1 Å². The van der Waals surface area contributed by atoms with Crippen molar-refractivity contribution in [3.63, 3.8) is 0 Å². The van der Waals surface area contributed by atoms with Gasteiger partial charge in [-0.15, -0.1) is 5.10 Å². The molecule has 0 bridgehead atoms. The number of pyridine rings is 1. The maximum absolute atomic E-state index is 13.3. The van der Waals surface area contributed by atoms with E-state index in [-0.39, 0.29) is 11.6 Å². The lowest BCUT2D eigenvalue weighted by Crippen LogP contribution is -3.13. The van der Waals surface area contributed by atoms with Crippen LogP contribution in [0.2, 0.25) is 0 Å². The molecular formula is C24H33N6O+. The summed E-state index contributed by atoms with van der Waals surface area (Å²) in [5, 5.41) is 14.1. The highest BCUT2D eigenvalue weighted by Crippen LogP contribution is 2.31. The number of hydrogen-bond acceptors (Lipinski definition) is 4. The number of nitrogens with zero attached hydrogens (tertiary/aromatic N) is 4. The lowest BCUT2D eigenvalue weighted by Gasteiger charge is -2.33. The molecule has 2 aliphatic rings. The van der Waals surface area contributed by atoms with Gasteiger partial charge in [-0.05, 0) is 79.5 Å². The zero-order valence-corrected chi connectivity index (χ0v) is 18.6. The number of hydrogen-bond donors (Lipinski definition) is 2. The molecule has 2 fully saturated rings. The molecule has 0 amide bonds. The molecule has 2 saturated carbocycles. The summed E-state index contributed by atoms with van der Waals surface area (Å²) < 4.78 is 2.03. The van der Waals surface area contributed by atoms with E-state index in [4.69, 9.17) is 0 Å². The third-order valence-electron chi connectivity index (χ3n) is 7.49. The quantitative estimate of drug-likeness (QED) is 0.664. The molecule has 1 unspecified atom stereocenters. The predicted molar refractivity (Wildman–Crippen MR) is 120 cm³/mol. The zero-order chi connectivity index (χ0) is 21.4. The van der Waals surface area contributed by atoms with E-state index >= 15 is 0 Å². The largest absolute Gasteiger partial charge is 0.322 e. The average Bonchev–Trinajstić information content (AvgIpc) is 3.47. The zero-order valence-electron chi connectivity index (χ0n) is 18.6. The highest BCUT2D eigenvalue weighted by atomic mass is 16.1. The first-order valence-corrected chi connectivity index (χ1v) is 11.9. The first-order chi connectivity index (χ1) is 15.1. The Kier molecular flexibility index (Phi) is 5.61. The second-order valence-corrected chi connectivity index (χ2v) is 9.58. The third-order valence-corrected chi connectivity index (χ3v) is 7.49. The number of aromatic amines is 1. The molecule has 7 heteroatoms. The number of nitrogens with one attached hydrogen (secondary N) is 2. The normalized spacial score (nSPS) is 20.3. The van der Waals surface area contributed by atoms with Gasteiger partial charge in [0, 0.05) is 5.52 Å². The second kappa shape index (κ2) is 8.54. The summed E-state index contributed by atoms with van der Waals surface area (Å²) in [6.07, 6.45) is 10.9. The van der Waals surface area contributed by atoms with Gasteiger partial charge in [-0.3, -0.25) is 4.79 Å². The molecule has 2 aliphatic carbocycles. The Morgan fingerprint density at radius 1 is 1.06 bits per heavy atom. The molecule has 2 N–H and O–H groups in total. The lowest BCUT2D eigenvalue weighted by molar-refractivity contribution is -0.933. The maximum Gasteiger partial charge on any atom is 0.258 e. The summed E-state index contributed by atoms with van der Waals surface area (Å²) in [6, 6.07) is 8.93. The van der Waals surface area contributed by atoms with Crippen LogP contribution < -0.4 is 10.5 Å². The van der Waals surface area contributed by atoms with Gasteiger partial charge in [0.15, 0.2) is 6.04 Å². The molecule has 31 heavy (non-hydrogen) atoms. The van der Waals surface area contributed by atoms with Gasteiger partial charge in [-0.1, -0.05) is 30.9 Å². The van der Waals surface area contributed by atoms with Gasteiger partial charge in [0.2, 0.25) is 5.82 Å². The molecule has 164 valence electrons. The van der Waals surface area contributed by atoms with Gasteiger partial charge in [0.05, 0.1) is 24.7 Å². The first-order valence-electron chi connectivity index (χ1n) is 11.9. The Morgan fingerprint density at radius 2 is 1.81 bits per heavy atom. The molecule has 7 nitrogen and oxygen atoms in total. The number of quaternary nitrogens is 1. The van der Waals surface area contributed by atoms with Gasteiger partial charge in [-0.2, -0.15) is 0 Å². The molecule has 2 aromatic heterocycles. The molecule has 2 atom stereocenters. The van der Waals surface area contributed by atoms with Crippen LogP contribution in [0.15, 0.2) is 29.1 Å². The van der Waals surface area contributed by atoms with E-state index in [0.29, 0.717) is 12.1 Å². The van der Waals surface area contributed by atoms with E-state index < -0.39 is 0 Å². The predicted octanol–water partition coefficient (Wildman–Crippen LogP) is 2.87. The van der Waals surface area contributed by atoms with Gasteiger partial charge < -0.3 is 9.88 Å². The fraction of sp³-hybridized carbons (Fsp3) is 0.583. The van der Waals surface area contributed by atoms with Crippen molar-refractivity contribution in [3.05, 3.63) is 51.6 Å². The van der Waals surface area contributed by atoms with Crippen molar-refractivity contribution in [1.82, 2.24) is 25.2 Å². The first kappa shape index (κ1) is 20.4. The summed E-state index contributed by atoms with van der Waals surface area (Å²) >= 11 is 0. The van der Waals surface area contributed by atoms with E-state index in [1.54, 1.807) is 0 Å². The number of fused-ring (bicyclic) bond motifs is 1. The number of rotatable bonds is 5. The fourth-order valence-electron chi connectivity index (χ4n) is 5.74. The van der Waals surface area contributed by atoms with Gasteiger partial charge in [0.25, 0.3) is 5.56 Å². The van der Waals surface area contributed by atoms with Crippen LogP contribution in [-0.4, -0.2) is 38.3 Å². The molecule has 1 aromatic carbocycles. The Hall–Kier alpha value is -2.54. The molecule has 5 rings (SSSR count). The minimum atomic E-state index is -0.174. The SMILES string of the molecule is Cc1ccc2[nH]c(=O)c([C@@H](c3nnnn3C3CCCC3)[NH+](C)C3CCCCC3)cc2c1. The Bertz CT molecular complexity index is 1110. The van der Waals surface area contributed by atoms with Crippen LogP contribution in [0.1, 0.15) is 86.8 Å². The van der Waals surface area contributed by atoms with E-state index in [1.807, 2.05) is 16.8 Å². The Balaban J connectivity index is 1.64. The monoisotopic (exact) mass is 421 g/mol. The van der Waals surface area contributed by atoms with Crippen molar-refractivity contribution >= 4 is 10.9 Å². The summed E-state index contributed by atoms with van der Waals surface area (Å²) in [6.45, 7) is 2.09. The van der Waals surface area contributed by atoms with E-state index in [2.05, 4.69) is 46.6 Å². The Labute approximate surface area is 182 Å². The number of tetrazole rings is 1. The smallest absolute Gasteiger partial charge is 0.258 e. The highest BCUT2D eigenvalue weighted by Gasteiger charge is 2.38. The standard InChI is InChI=1S/C24H32N6O/c1-16-12-13-21-17(14-16)15-20(24(31)25-21)22(29(2)18-8-4-3-5-9-18)23-26-27-28-30(23)19-10-6-7-11-19/h12-15,18-19,22H,3-11H2,1-2H3,(H,25,31)/p+1/t22-/m0/s1. The molecule has 0 radical (unpaired) electrons. The molecule has 0 saturated heterocycles. The van der Waals surface area contributed by atoms with Gasteiger partial charge in [0.1, 0.15) is 0 Å². The number of aromatic nitrogens is 5. The molecule has 0 aliphatic heterocycles. The summed E-state index contributed by atoms with van der Waals surface area (Å²) in [5.74, 6) is 0.840. The summed E-state index contributed by atoms with van der Waals surface area (Å²) in [5.41, 5.74) is 2.81. The van der Waals surface area contributed by atoms with Crippen molar-refractivity contribution in [3.8, 4) is 0 Å². The highest BCUT2D eigenvalue weighted by molar-refractivity contribution is 5.79. The summed E-state index contributed by atoms with van der Waals surface area (Å²) in [4.78, 5) is 17.8. The van der Waals surface area contributed by atoms with Crippen molar-refractivity contribution in [2.75, 3.05) is 7.05 Å². The van der Waals surface area contributed by atoms with Crippen LogP contribution in [-0.2, 0) is 0 Å². The molecule has 2 heterocycles. The van der Waals surface area contributed by atoms with Crippen molar-refractivity contribution in [2.24, 2.45) is 0 Å². The van der Waals surface area contributed by atoms with E-state index in [9.17, 15) is 4.79 Å². The van der Waals surface area contributed by atoms with Crippen LogP contribution >= 0.6 is 0 Å². The fourth-order valence-corrected chi connectivity index (χ4v) is 5.74. The van der Waals surface area contributed by atoms with Gasteiger partial charge in [-0.25, -0.2) is 4.68 Å². The lowest BCUT2D eigenvalue weighted by atomic mass is 9.92. The molecule has 0 spiro atoms. The van der Waals surface area contributed by atoms with Crippen LogP contribution in [0.4, 0.5) is 0 Å². The van der Waals surface area contributed by atoms with Crippen molar-refractivity contribution in [2.45, 2.75) is 82.8 Å². The molecular weight excluding hydrogens is 388 g/mol. The van der Waals surface area contributed by atoms with Crippen molar-refractivity contribution in [1.29, 1.82) is 0 Å². The maximum atomic E-state index is 13.3. The van der Waals surface area contributed by atoms with Crippen molar-refractivity contribution < 1.29 is 4.90 Å². The minimum absolute atomic E-state index is 0.0301. The number of aryl methyl sites for hydroxylation is 1. The minimum Gasteiger partial charge on any atom is -0.322 e. The molecule has 3 aromatic rings. The summed E-state index contributed by atoms with van der Waals surface area (Å²) in [7, 11) is 2.23. The number of H-pyrrole nitrogens is 1. The topological polar surface area (TPSA) is 80.9 Å². The van der Waals surface area contributed by atoms with Gasteiger partial charge >= 0.3 is 0 Å². The van der Waals surface area contributed by atoms with Crippen LogP contribution in [0.25, 0.3) is 10.9 Å². The third kappa shape index (κ3) is 3.91. The van der Waals surface area contributed by atoms with Crippen LogP contribution in [0.3, 0.4) is 0 Å². The van der Waals surface area contributed by atoms with Crippen LogP contribution in [0.5, 0.6) is 0 Å². The van der Waals surface area contributed by atoms with E-state index in [1.165, 1.54) is 55.4 Å². The second-order valence-electron chi connectivity index (χ2n) is 9.58. The number of benzene rings is 1.